The van der Waals surface area contributed by atoms with Crippen LogP contribution in [0, 0.1) is 11.6 Å². The fourth-order valence-electron chi connectivity index (χ4n) is 3.25. The van der Waals surface area contributed by atoms with E-state index in [2.05, 4.69) is 30.6 Å². The van der Waals surface area contributed by atoms with Gasteiger partial charge < -0.3 is 10.6 Å². The van der Waals surface area contributed by atoms with Gasteiger partial charge in [-0.3, -0.25) is 29.5 Å². The lowest BCUT2D eigenvalue weighted by Crippen LogP contribution is -2.48. The Kier molecular flexibility index (Phi) is 5.67. The quantitative estimate of drug-likeness (QED) is 0.498. The van der Waals surface area contributed by atoms with Gasteiger partial charge in [0.25, 0.3) is 11.8 Å². The van der Waals surface area contributed by atoms with Crippen molar-refractivity contribution in [3.63, 3.8) is 0 Å². The normalized spacial score (nSPS) is 13.0. The van der Waals surface area contributed by atoms with E-state index in [0.29, 0.717) is 0 Å². The molecule has 0 bridgehead atoms. The van der Waals surface area contributed by atoms with Gasteiger partial charge in [0.15, 0.2) is 0 Å². The third-order valence-electron chi connectivity index (χ3n) is 5.03. The Hall–Kier alpha value is -4.08. The number of carbonyl (C=O) groups excluding carboxylic acids is 2. The van der Waals surface area contributed by atoms with Crippen molar-refractivity contribution in [2.45, 2.75) is 25.9 Å². The van der Waals surface area contributed by atoms with Crippen LogP contribution in [-0.4, -0.2) is 43.8 Å². The number of aromatic nitrogens is 4. The highest BCUT2D eigenvalue weighted by Gasteiger charge is 2.22. The maximum atomic E-state index is 13.9. The zero-order chi connectivity index (χ0) is 22.8. The van der Waals surface area contributed by atoms with Crippen molar-refractivity contribution in [2.24, 2.45) is 0 Å². The number of hydrogen-bond acceptors (Lipinski definition) is 6. The van der Waals surface area contributed by atoms with Crippen LogP contribution in [0.15, 0.2) is 49.1 Å². The highest BCUT2D eigenvalue weighted by Crippen LogP contribution is 2.18. The largest absolute Gasteiger partial charge is 0.347 e. The van der Waals surface area contributed by atoms with Gasteiger partial charge in [-0.05, 0) is 26.0 Å². The van der Waals surface area contributed by atoms with Crippen LogP contribution >= 0.6 is 0 Å². The van der Waals surface area contributed by atoms with E-state index in [1.54, 1.807) is 13.8 Å². The number of amides is 2. The first kappa shape index (κ1) is 21.2. The molecule has 0 aliphatic carbocycles. The average molecular weight is 436 g/mol. The SMILES string of the molecule is CC(NC(=O)c1cc(F)cc2nccnc12)C(C)NC(=O)c1cc(F)cc2nccnc12. The molecule has 8 nitrogen and oxygen atoms in total. The molecule has 4 aromatic rings. The number of carbonyl (C=O) groups is 2. The van der Waals surface area contributed by atoms with Crippen molar-refractivity contribution in [3.05, 3.63) is 71.8 Å². The molecular weight excluding hydrogens is 418 g/mol. The summed E-state index contributed by atoms with van der Waals surface area (Å²) in [5.74, 6) is -2.36. The van der Waals surface area contributed by atoms with E-state index in [1.165, 1.54) is 36.9 Å². The van der Waals surface area contributed by atoms with E-state index in [0.717, 1.165) is 12.1 Å². The van der Waals surface area contributed by atoms with Crippen LogP contribution in [0.1, 0.15) is 34.6 Å². The van der Waals surface area contributed by atoms with Gasteiger partial charge in [0.2, 0.25) is 0 Å². The zero-order valence-electron chi connectivity index (χ0n) is 17.1. The highest BCUT2D eigenvalue weighted by atomic mass is 19.1. The molecule has 2 heterocycles. The predicted octanol–water partition coefficient (Wildman–Crippen LogP) is 2.79. The number of fused-ring (bicyclic) bond motifs is 2. The topological polar surface area (TPSA) is 110 Å². The summed E-state index contributed by atoms with van der Waals surface area (Å²) >= 11 is 0. The Balaban J connectivity index is 1.51. The maximum Gasteiger partial charge on any atom is 0.253 e. The standard InChI is InChI=1S/C22H18F2N6O2/c1-11(29-21(31)15-7-13(23)9-17-19(15)27-5-3-25-17)12(2)30-22(32)16-8-14(24)10-18-20(16)28-6-4-26-18/h3-12H,1-2H3,(H,29,31)(H,30,32). The highest BCUT2D eigenvalue weighted by molar-refractivity contribution is 6.06. The van der Waals surface area contributed by atoms with Gasteiger partial charge >= 0.3 is 0 Å². The molecule has 2 aromatic heterocycles. The van der Waals surface area contributed by atoms with Gasteiger partial charge in [0, 0.05) is 49.0 Å². The Morgan fingerprint density at radius 2 is 1.06 bits per heavy atom. The molecule has 0 saturated heterocycles. The molecule has 2 aromatic carbocycles. The van der Waals surface area contributed by atoms with Gasteiger partial charge in [-0.25, -0.2) is 8.78 Å². The number of hydrogen-bond donors (Lipinski definition) is 2. The molecule has 162 valence electrons. The molecular formula is C22H18F2N6O2. The van der Waals surface area contributed by atoms with E-state index < -0.39 is 35.5 Å². The minimum atomic E-state index is -0.615. The van der Waals surface area contributed by atoms with Crippen LogP contribution in [0.2, 0.25) is 0 Å². The van der Waals surface area contributed by atoms with Gasteiger partial charge in [0.05, 0.1) is 22.2 Å². The average Bonchev–Trinajstić information content (AvgIpc) is 2.77. The van der Waals surface area contributed by atoms with Crippen LogP contribution in [0.4, 0.5) is 8.78 Å². The van der Waals surface area contributed by atoms with Crippen LogP contribution in [0.3, 0.4) is 0 Å². The van der Waals surface area contributed by atoms with Crippen molar-refractivity contribution in [2.75, 3.05) is 0 Å². The first-order valence-electron chi connectivity index (χ1n) is 9.75. The third-order valence-corrected chi connectivity index (χ3v) is 5.03. The summed E-state index contributed by atoms with van der Waals surface area (Å²) in [7, 11) is 0. The molecule has 0 aliphatic rings. The van der Waals surface area contributed by atoms with E-state index in [9.17, 15) is 18.4 Å². The maximum absolute atomic E-state index is 13.9. The second-order valence-electron chi connectivity index (χ2n) is 7.28. The first-order chi connectivity index (χ1) is 15.3. The Labute approximate surface area is 181 Å². The van der Waals surface area contributed by atoms with Crippen LogP contribution in [-0.2, 0) is 0 Å². The molecule has 32 heavy (non-hydrogen) atoms. The molecule has 4 rings (SSSR count). The van der Waals surface area contributed by atoms with E-state index in [4.69, 9.17) is 0 Å². The van der Waals surface area contributed by atoms with Crippen molar-refractivity contribution in [3.8, 4) is 0 Å². The summed E-state index contributed by atoms with van der Waals surface area (Å²) in [6.45, 7) is 3.36. The van der Waals surface area contributed by atoms with Crippen LogP contribution in [0.25, 0.3) is 22.1 Å². The number of rotatable bonds is 5. The summed E-state index contributed by atoms with van der Waals surface area (Å²) in [6.07, 6.45) is 5.64. The molecule has 0 fully saturated rings. The monoisotopic (exact) mass is 436 g/mol. The molecule has 0 saturated carbocycles. The molecule has 2 unspecified atom stereocenters. The summed E-state index contributed by atoms with van der Waals surface area (Å²) < 4.78 is 27.9. The molecule has 0 radical (unpaired) electrons. The number of nitrogens with zero attached hydrogens (tertiary/aromatic N) is 4. The number of benzene rings is 2. The molecule has 10 heteroatoms. The second-order valence-corrected chi connectivity index (χ2v) is 7.28. The third kappa shape index (κ3) is 4.20. The summed E-state index contributed by atoms with van der Waals surface area (Å²) in [5.41, 5.74) is 1.10. The van der Waals surface area contributed by atoms with Gasteiger partial charge in [0.1, 0.15) is 22.7 Å². The number of halogens is 2. The molecule has 0 spiro atoms. The minimum absolute atomic E-state index is 0.0323. The predicted molar refractivity (Wildman–Crippen MR) is 113 cm³/mol. The smallest absolute Gasteiger partial charge is 0.253 e. The van der Waals surface area contributed by atoms with Crippen LogP contribution < -0.4 is 10.6 Å². The fraction of sp³-hybridized carbons (Fsp3) is 0.182. The lowest BCUT2D eigenvalue weighted by Gasteiger charge is -2.23. The number of nitrogens with one attached hydrogen (secondary N) is 2. The van der Waals surface area contributed by atoms with Gasteiger partial charge in [-0.1, -0.05) is 0 Å². The zero-order valence-corrected chi connectivity index (χ0v) is 17.1. The van der Waals surface area contributed by atoms with Crippen molar-refractivity contribution >= 4 is 33.9 Å². The van der Waals surface area contributed by atoms with Gasteiger partial charge in [-0.2, -0.15) is 0 Å². The molecule has 2 N–H and O–H groups in total. The molecule has 0 aliphatic heterocycles. The summed E-state index contributed by atoms with van der Waals surface area (Å²) in [5, 5.41) is 5.46. The lowest BCUT2D eigenvalue weighted by molar-refractivity contribution is 0.0893. The Morgan fingerprint density at radius 3 is 1.47 bits per heavy atom. The second kappa shape index (κ2) is 8.58. The molecule has 2 amide bonds. The van der Waals surface area contributed by atoms with E-state index in [1.807, 2.05) is 0 Å². The summed E-state index contributed by atoms with van der Waals surface area (Å²) in [6, 6.07) is 3.45. The van der Waals surface area contributed by atoms with Gasteiger partial charge in [-0.15, -0.1) is 0 Å². The van der Waals surface area contributed by atoms with Crippen molar-refractivity contribution in [1.82, 2.24) is 30.6 Å². The lowest BCUT2D eigenvalue weighted by atomic mass is 10.1. The first-order valence-corrected chi connectivity index (χ1v) is 9.75. The van der Waals surface area contributed by atoms with E-state index >= 15 is 0 Å². The Morgan fingerprint density at radius 1 is 0.688 bits per heavy atom. The van der Waals surface area contributed by atoms with E-state index in [-0.39, 0.29) is 33.2 Å². The Bertz CT molecular complexity index is 1240. The minimum Gasteiger partial charge on any atom is -0.347 e. The fourth-order valence-corrected chi connectivity index (χ4v) is 3.25. The van der Waals surface area contributed by atoms with Crippen molar-refractivity contribution in [1.29, 1.82) is 0 Å². The van der Waals surface area contributed by atoms with Crippen molar-refractivity contribution < 1.29 is 18.4 Å². The summed E-state index contributed by atoms with van der Waals surface area (Å²) in [4.78, 5) is 41.8. The van der Waals surface area contributed by atoms with Crippen LogP contribution in [0.5, 0.6) is 0 Å². The molecule has 2 atom stereocenters.